The number of carbonyl (C=O) groups is 1. The molecule has 158 valence electrons. The van der Waals surface area contributed by atoms with Crippen molar-refractivity contribution in [2.75, 3.05) is 11.4 Å². The molecule has 1 atom stereocenters. The lowest BCUT2D eigenvalue weighted by Gasteiger charge is -2.25. The van der Waals surface area contributed by atoms with Gasteiger partial charge in [-0.25, -0.2) is 0 Å². The van der Waals surface area contributed by atoms with Crippen molar-refractivity contribution in [3.05, 3.63) is 66.0 Å². The summed E-state index contributed by atoms with van der Waals surface area (Å²) in [6, 6.07) is 20.0. The standard InChI is InChI=1S/C24H25N5OS/c1-17-9-13-20(14-10-17)28(16-6-15-25)23(30)18(2)31-24-27-26-22(19-11-12-19)29(24)21-7-4-3-5-8-21/h3-5,7-10,13-14,18-19H,6,11-12,16H2,1-2H3/t18-/m1/s1. The molecule has 1 heterocycles. The monoisotopic (exact) mass is 431 g/mol. The van der Waals surface area contributed by atoms with Crippen LogP contribution in [0.25, 0.3) is 5.69 Å². The maximum Gasteiger partial charge on any atom is 0.240 e. The first-order valence-corrected chi connectivity index (χ1v) is 11.4. The maximum absolute atomic E-state index is 13.4. The molecule has 0 aliphatic heterocycles. The fraction of sp³-hybridized carbons (Fsp3) is 0.333. The minimum atomic E-state index is -0.376. The third-order valence-electron chi connectivity index (χ3n) is 5.30. The van der Waals surface area contributed by atoms with E-state index < -0.39 is 0 Å². The highest BCUT2D eigenvalue weighted by Gasteiger charge is 2.32. The molecule has 0 N–H and O–H groups in total. The Morgan fingerprint density at radius 3 is 2.55 bits per heavy atom. The van der Waals surface area contributed by atoms with E-state index in [0.29, 0.717) is 12.5 Å². The number of hydrogen-bond donors (Lipinski definition) is 0. The Balaban J connectivity index is 1.59. The number of anilines is 1. The summed E-state index contributed by atoms with van der Waals surface area (Å²) in [6.45, 7) is 4.26. The second kappa shape index (κ2) is 9.36. The van der Waals surface area contributed by atoms with Crippen molar-refractivity contribution < 1.29 is 4.79 Å². The molecule has 0 bridgehead atoms. The largest absolute Gasteiger partial charge is 0.310 e. The van der Waals surface area contributed by atoms with E-state index >= 15 is 0 Å². The summed E-state index contributed by atoms with van der Waals surface area (Å²) in [7, 11) is 0. The Labute approximate surface area is 186 Å². The highest BCUT2D eigenvalue weighted by Crippen LogP contribution is 2.41. The molecule has 4 rings (SSSR count). The number of hydrogen-bond acceptors (Lipinski definition) is 5. The van der Waals surface area contributed by atoms with Crippen LogP contribution in [0.2, 0.25) is 0 Å². The van der Waals surface area contributed by atoms with Crippen LogP contribution >= 0.6 is 11.8 Å². The van der Waals surface area contributed by atoms with Gasteiger partial charge in [0.05, 0.1) is 17.7 Å². The number of rotatable bonds is 8. The number of nitriles is 1. The number of amides is 1. The van der Waals surface area contributed by atoms with Gasteiger partial charge in [-0.15, -0.1) is 10.2 Å². The third-order valence-corrected chi connectivity index (χ3v) is 6.33. The average Bonchev–Trinajstić information content (AvgIpc) is 3.55. The maximum atomic E-state index is 13.4. The molecule has 6 nitrogen and oxygen atoms in total. The number of para-hydroxylation sites is 1. The molecule has 2 aromatic carbocycles. The van der Waals surface area contributed by atoms with Crippen LogP contribution in [0.5, 0.6) is 0 Å². The third kappa shape index (κ3) is 4.80. The normalized spacial score (nSPS) is 14.1. The van der Waals surface area contributed by atoms with Crippen LogP contribution in [-0.2, 0) is 4.79 Å². The molecular formula is C24H25N5OS. The van der Waals surface area contributed by atoms with Gasteiger partial charge in [0, 0.05) is 23.8 Å². The van der Waals surface area contributed by atoms with E-state index in [1.54, 1.807) is 4.90 Å². The van der Waals surface area contributed by atoms with Crippen LogP contribution in [0.1, 0.15) is 43.5 Å². The molecule has 1 aliphatic carbocycles. The van der Waals surface area contributed by atoms with E-state index in [1.807, 2.05) is 68.4 Å². The highest BCUT2D eigenvalue weighted by molar-refractivity contribution is 8.00. The van der Waals surface area contributed by atoms with Crippen LogP contribution in [0, 0.1) is 18.3 Å². The first kappa shape index (κ1) is 21.1. The van der Waals surface area contributed by atoms with E-state index in [2.05, 4.69) is 20.8 Å². The van der Waals surface area contributed by atoms with Gasteiger partial charge in [0.15, 0.2) is 5.16 Å². The Hall–Kier alpha value is -3.11. The van der Waals surface area contributed by atoms with Crippen LogP contribution in [-0.4, -0.2) is 32.5 Å². The van der Waals surface area contributed by atoms with Gasteiger partial charge in [-0.2, -0.15) is 5.26 Å². The van der Waals surface area contributed by atoms with Gasteiger partial charge in [-0.1, -0.05) is 47.7 Å². The van der Waals surface area contributed by atoms with Gasteiger partial charge in [-0.3, -0.25) is 9.36 Å². The molecule has 0 spiro atoms. The van der Waals surface area contributed by atoms with Crippen LogP contribution in [0.3, 0.4) is 0 Å². The van der Waals surface area contributed by atoms with E-state index in [-0.39, 0.29) is 17.6 Å². The summed E-state index contributed by atoms with van der Waals surface area (Å²) in [5.74, 6) is 1.36. The quantitative estimate of drug-likeness (QED) is 0.475. The first-order valence-electron chi connectivity index (χ1n) is 10.5. The van der Waals surface area contributed by atoms with Crippen LogP contribution < -0.4 is 4.90 Å². The van der Waals surface area contributed by atoms with Crippen molar-refractivity contribution in [1.82, 2.24) is 14.8 Å². The molecule has 1 aliphatic rings. The molecular weight excluding hydrogens is 406 g/mol. The Bertz CT molecular complexity index is 1080. The lowest BCUT2D eigenvalue weighted by atomic mass is 10.2. The van der Waals surface area contributed by atoms with Crippen molar-refractivity contribution in [1.29, 1.82) is 5.26 Å². The summed E-state index contributed by atoms with van der Waals surface area (Å²) in [4.78, 5) is 15.1. The lowest BCUT2D eigenvalue weighted by Crippen LogP contribution is -2.37. The lowest BCUT2D eigenvalue weighted by molar-refractivity contribution is -0.117. The highest BCUT2D eigenvalue weighted by atomic mass is 32.2. The molecule has 0 radical (unpaired) electrons. The number of carbonyl (C=O) groups excluding carboxylic acids is 1. The Morgan fingerprint density at radius 1 is 1.19 bits per heavy atom. The second-order valence-electron chi connectivity index (χ2n) is 7.78. The zero-order valence-electron chi connectivity index (χ0n) is 17.7. The summed E-state index contributed by atoms with van der Waals surface area (Å²) >= 11 is 1.41. The second-order valence-corrected chi connectivity index (χ2v) is 9.09. The van der Waals surface area contributed by atoms with E-state index in [0.717, 1.165) is 40.8 Å². The predicted octanol–water partition coefficient (Wildman–Crippen LogP) is 4.88. The van der Waals surface area contributed by atoms with Crippen molar-refractivity contribution >= 4 is 23.4 Å². The van der Waals surface area contributed by atoms with Gasteiger partial charge >= 0.3 is 0 Å². The molecule has 1 saturated carbocycles. The zero-order valence-corrected chi connectivity index (χ0v) is 18.5. The smallest absolute Gasteiger partial charge is 0.240 e. The van der Waals surface area contributed by atoms with Crippen molar-refractivity contribution in [3.8, 4) is 11.8 Å². The Kier molecular flexibility index (Phi) is 6.38. The molecule has 31 heavy (non-hydrogen) atoms. The van der Waals surface area contributed by atoms with Crippen molar-refractivity contribution in [2.24, 2.45) is 0 Å². The van der Waals surface area contributed by atoms with Gasteiger partial charge in [-0.05, 0) is 51.0 Å². The van der Waals surface area contributed by atoms with Crippen molar-refractivity contribution in [3.63, 3.8) is 0 Å². The number of aromatic nitrogens is 3. The molecule has 1 fully saturated rings. The van der Waals surface area contributed by atoms with Crippen LogP contribution in [0.15, 0.2) is 59.8 Å². The molecule has 1 aromatic heterocycles. The molecule has 0 saturated heterocycles. The minimum Gasteiger partial charge on any atom is -0.310 e. The fourth-order valence-electron chi connectivity index (χ4n) is 3.46. The topological polar surface area (TPSA) is 74.8 Å². The Morgan fingerprint density at radius 2 is 1.90 bits per heavy atom. The first-order chi connectivity index (χ1) is 15.1. The molecule has 0 unspecified atom stereocenters. The molecule has 7 heteroatoms. The predicted molar refractivity (Wildman–Crippen MR) is 122 cm³/mol. The summed E-state index contributed by atoms with van der Waals surface area (Å²) in [6.07, 6.45) is 2.53. The zero-order chi connectivity index (χ0) is 21.8. The molecule has 3 aromatic rings. The summed E-state index contributed by atoms with van der Waals surface area (Å²) < 4.78 is 2.08. The summed E-state index contributed by atoms with van der Waals surface area (Å²) in [5, 5.41) is 18.3. The van der Waals surface area contributed by atoms with E-state index in [9.17, 15) is 4.79 Å². The average molecular weight is 432 g/mol. The number of aryl methyl sites for hydroxylation is 1. The van der Waals surface area contributed by atoms with Crippen LogP contribution in [0.4, 0.5) is 5.69 Å². The van der Waals surface area contributed by atoms with E-state index in [4.69, 9.17) is 5.26 Å². The van der Waals surface area contributed by atoms with Gasteiger partial charge in [0.25, 0.3) is 0 Å². The van der Waals surface area contributed by atoms with Gasteiger partial charge in [0.2, 0.25) is 5.91 Å². The summed E-state index contributed by atoms with van der Waals surface area (Å²) in [5.41, 5.74) is 2.94. The minimum absolute atomic E-state index is 0.0420. The number of nitrogens with zero attached hydrogens (tertiary/aromatic N) is 5. The number of thioether (sulfide) groups is 1. The van der Waals surface area contributed by atoms with Crippen molar-refractivity contribution in [2.45, 2.75) is 49.4 Å². The van der Waals surface area contributed by atoms with Gasteiger partial charge in [0.1, 0.15) is 5.82 Å². The van der Waals surface area contributed by atoms with Gasteiger partial charge < -0.3 is 4.90 Å². The SMILES string of the molecule is Cc1ccc(N(CCC#N)C(=O)[C@@H](C)Sc2nnc(C3CC3)n2-c2ccccc2)cc1. The van der Waals surface area contributed by atoms with E-state index in [1.165, 1.54) is 11.8 Å². The molecule has 1 amide bonds. The fourth-order valence-corrected chi connectivity index (χ4v) is 4.40. The number of benzene rings is 2.